The van der Waals surface area contributed by atoms with Crippen molar-refractivity contribution in [3.63, 3.8) is 0 Å². The Hall–Kier alpha value is -2.83. The highest BCUT2D eigenvalue weighted by molar-refractivity contribution is 6.07. The molecule has 3 rings (SSSR count). The summed E-state index contributed by atoms with van der Waals surface area (Å²) in [5, 5.41) is 2.47. The Kier molecular flexibility index (Phi) is 4.01. The average molecular weight is 331 g/mol. The predicted molar refractivity (Wildman–Crippen MR) is 81.9 cm³/mol. The lowest BCUT2D eigenvalue weighted by atomic mass is 9.91. The molecule has 2 aromatic rings. The first-order valence-electron chi connectivity index (χ1n) is 7.40. The van der Waals surface area contributed by atoms with Gasteiger partial charge in [-0.1, -0.05) is 0 Å². The summed E-state index contributed by atoms with van der Waals surface area (Å²) < 4.78 is 27.5. The first kappa shape index (κ1) is 16.0. The number of pyridine rings is 1. The second-order valence-electron chi connectivity index (χ2n) is 5.74. The zero-order chi connectivity index (χ0) is 17.3. The van der Waals surface area contributed by atoms with Crippen LogP contribution in [0.5, 0.6) is 0 Å². The predicted octanol–water partition coefficient (Wildman–Crippen LogP) is 2.37. The largest absolute Gasteiger partial charge is 0.325 e. The molecule has 1 aliphatic rings. The van der Waals surface area contributed by atoms with Gasteiger partial charge in [-0.3, -0.25) is 14.7 Å². The van der Waals surface area contributed by atoms with Gasteiger partial charge in [-0.05, 0) is 49.2 Å². The first-order chi connectivity index (χ1) is 11.4. The van der Waals surface area contributed by atoms with E-state index in [1.165, 1.54) is 6.92 Å². The van der Waals surface area contributed by atoms with Crippen LogP contribution in [-0.2, 0) is 16.8 Å². The van der Waals surface area contributed by atoms with Crippen LogP contribution in [0.25, 0.3) is 0 Å². The zero-order valence-electron chi connectivity index (χ0n) is 12.9. The topological polar surface area (TPSA) is 62.3 Å². The van der Waals surface area contributed by atoms with Gasteiger partial charge in [0, 0.05) is 24.5 Å². The number of rotatable bonds is 4. The zero-order valence-corrected chi connectivity index (χ0v) is 12.9. The quantitative estimate of drug-likeness (QED) is 0.875. The molecule has 1 saturated heterocycles. The molecule has 5 nitrogen and oxygen atoms in total. The van der Waals surface area contributed by atoms with E-state index in [9.17, 15) is 18.4 Å². The highest BCUT2D eigenvalue weighted by Gasteiger charge is 2.50. The van der Waals surface area contributed by atoms with Crippen LogP contribution in [0, 0.1) is 11.6 Å². The fourth-order valence-electron chi connectivity index (χ4n) is 2.75. The molecule has 124 valence electrons. The highest BCUT2D eigenvalue weighted by Crippen LogP contribution is 2.31. The van der Waals surface area contributed by atoms with Gasteiger partial charge >= 0.3 is 6.03 Å². The van der Waals surface area contributed by atoms with Crippen LogP contribution in [0.15, 0.2) is 42.7 Å². The molecule has 0 bridgehead atoms. The summed E-state index contributed by atoms with van der Waals surface area (Å²) in [6, 6.07) is 5.77. The third-order valence-corrected chi connectivity index (χ3v) is 4.12. The summed E-state index contributed by atoms with van der Waals surface area (Å²) in [5.41, 5.74) is -0.898. The molecular formula is C17H15F2N3O2. The number of halogens is 2. The molecule has 0 spiro atoms. The monoisotopic (exact) mass is 331 g/mol. The van der Waals surface area contributed by atoms with Crippen LogP contribution in [0.1, 0.15) is 18.1 Å². The lowest BCUT2D eigenvalue weighted by molar-refractivity contribution is -0.131. The van der Waals surface area contributed by atoms with E-state index in [4.69, 9.17) is 0 Å². The summed E-state index contributed by atoms with van der Waals surface area (Å²) in [6.07, 6.45) is 3.68. The number of benzene rings is 1. The Bertz CT molecular complexity index is 798. The lowest BCUT2D eigenvalue weighted by Crippen LogP contribution is -2.42. The van der Waals surface area contributed by atoms with Crippen LogP contribution in [0.4, 0.5) is 13.6 Å². The van der Waals surface area contributed by atoms with E-state index in [1.807, 2.05) is 0 Å². The molecule has 2 heterocycles. The fraction of sp³-hybridized carbons (Fsp3) is 0.235. The summed E-state index contributed by atoms with van der Waals surface area (Å²) >= 11 is 0. The minimum atomic E-state index is -1.62. The molecule has 0 aliphatic carbocycles. The number of urea groups is 1. The van der Waals surface area contributed by atoms with E-state index < -0.39 is 29.1 Å². The number of nitrogens with zero attached hydrogens (tertiary/aromatic N) is 2. The van der Waals surface area contributed by atoms with Gasteiger partial charge in [0.15, 0.2) is 0 Å². The Labute approximate surface area is 137 Å². The molecule has 3 amide bonds. The van der Waals surface area contributed by atoms with Gasteiger partial charge in [0.2, 0.25) is 0 Å². The van der Waals surface area contributed by atoms with Crippen molar-refractivity contribution in [2.45, 2.75) is 18.9 Å². The van der Waals surface area contributed by atoms with Crippen molar-refractivity contribution in [1.29, 1.82) is 0 Å². The smallest absolute Gasteiger partial charge is 0.319 e. The molecule has 1 aromatic heterocycles. The molecule has 1 atom stereocenters. The van der Waals surface area contributed by atoms with Gasteiger partial charge in [0.1, 0.15) is 17.2 Å². The van der Waals surface area contributed by atoms with E-state index in [0.717, 1.165) is 28.7 Å². The summed E-state index contributed by atoms with van der Waals surface area (Å²) in [7, 11) is 0. The van der Waals surface area contributed by atoms with Crippen molar-refractivity contribution in [3.8, 4) is 0 Å². The summed E-state index contributed by atoms with van der Waals surface area (Å²) in [5.74, 6) is -2.03. The standard InChI is InChI=1S/C17H15F2N3O2/c1-17(13-10-12(18)2-3-14(13)19)15(23)22(16(24)21-17)9-6-11-4-7-20-8-5-11/h2-5,7-8,10H,6,9H2,1H3,(H,21,24)/t17-/m0/s1. The molecule has 0 unspecified atom stereocenters. The number of imide groups is 1. The SMILES string of the molecule is C[C@@]1(c2cc(F)ccc2F)NC(=O)N(CCc2ccncc2)C1=O. The summed E-state index contributed by atoms with van der Waals surface area (Å²) in [6.45, 7) is 1.51. The van der Waals surface area contributed by atoms with Gasteiger partial charge in [0.25, 0.3) is 5.91 Å². The number of hydrogen-bond donors (Lipinski definition) is 1. The van der Waals surface area contributed by atoms with E-state index in [-0.39, 0.29) is 12.1 Å². The lowest BCUT2D eigenvalue weighted by Gasteiger charge is -2.22. The number of aromatic nitrogens is 1. The number of nitrogens with one attached hydrogen (secondary N) is 1. The van der Waals surface area contributed by atoms with Crippen LogP contribution in [0.3, 0.4) is 0 Å². The minimum absolute atomic E-state index is 0.140. The maximum Gasteiger partial charge on any atom is 0.325 e. The van der Waals surface area contributed by atoms with Crippen molar-refractivity contribution in [2.75, 3.05) is 6.54 Å². The molecule has 0 saturated carbocycles. The third-order valence-electron chi connectivity index (χ3n) is 4.12. The number of carbonyl (C=O) groups excluding carboxylic acids is 2. The highest BCUT2D eigenvalue weighted by atomic mass is 19.1. The maximum atomic E-state index is 14.0. The van der Waals surface area contributed by atoms with Crippen molar-refractivity contribution in [3.05, 3.63) is 65.5 Å². The minimum Gasteiger partial charge on any atom is -0.319 e. The molecule has 1 N–H and O–H groups in total. The Balaban J connectivity index is 1.84. The Morgan fingerprint density at radius 3 is 2.58 bits per heavy atom. The van der Waals surface area contributed by atoms with E-state index in [0.29, 0.717) is 6.42 Å². The van der Waals surface area contributed by atoms with Gasteiger partial charge in [0.05, 0.1) is 0 Å². The first-order valence-corrected chi connectivity index (χ1v) is 7.40. The Morgan fingerprint density at radius 1 is 1.17 bits per heavy atom. The van der Waals surface area contributed by atoms with Gasteiger partial charge in [-0.15, -0.1) is 0 Å². The van der Waals surface area contributed by atoms with Crippen molar-refractivity contribution in [2.24, 2.45) is 0 Å². The molecule has 1 fully saturated rings. The molecule has 24 heavy (non-hydrogen) atoms. The molecule has 1 aromatic carbocycles. The molecule has 0 radical (unpaired) electrons. The third kappa shape index (κ3) is 2.73. The van der Waals surface area contributed by atoms with Crippen molar-refractivity contribution < 1.29 is 18.4 Å². The van der Waals surface area contributed by atoms with Crippen molar-refractivity contribution in [1.82, 2.24) is 15.2 Å². The van der Waals surface area contributed by atoms with Crippen LogP contribution >= 0.6 is 0 Å². The van der Waals surface area contributed by atoms with Crippen molar-refractivity contribution >= 4 is 11.9 Å². The normalized spacial score (nSPS) is 20.4. The second-order valence-corrected chi connectivity index (χ2v) is 5.74. The molecule has 7 heteroatoms. The summed E-state index contributed by atoms with van der Waals surface area (Å²) in [4.78, 5) is 29.7. The number of hydrogen-bond acceptors (Lipinski definition) is 3. The van der Waals surface area contributed by atoms with Gasteiger partial charge in [-0.2, -0.15) is 0 Å². The fourth-order valence-corrected chi connectivity index (χ4v) is 2.75. The Morgan fingerprint density at radius 2 is 1.88 bits per heavy atom. The number of amides is 3. The van der Waals surface area contributed by atoms with Gasteiger partial charge < -0.3 is 5.32 Å². The van der Waals surface area contributed by atoms with Crippen LogP contribution < -0.4 is 5.32 Å². The van der Waals surface area contributed by atoms with E-state index in [2.05, 4.69) is 10.3 Å². The van der Waals surface area contributed by atoms with E-state index >= 15 is 0 Å². The molecular weight excluding hydrogens is 316 g/mol. The maximum absolute atomic E-state index is 14.0. The number of carbonyl (C=O) groups is 2. The van der Waals surface area contributed by atoms with Crippen LogP contribution in [0.2, 0.25) is 0 Å². The van der Waals surface area contributed by atoms with Gasteiger partial charge in [-0.25, -0.2) is 13.6 Å². The van der Waals surface area contributed by atoms with Crippen LogP contribution in [-0.4, -0.2) is 28.4 Å². The van der Waals surface area contributed by atoms with E-state index in [1.54, 1.807) is 24.5 Å². The average Bonchev–Trinajstić information content (AvgIpc) is 2.79. The second kappa shape index (κ2) is 5.99. The molecule has 1 aliphatic heterocycles.